The molecule has 5 aromatic carbocycles. The van der Waals surface area contributed by atoms with Gasteiger partial charge in [-0.2, -0.15) is 13.2 Å². The fraction of sp³-hybridized carbons (Fsp3) is 0.0270. The van der Waals surface area contributed by atoms with E-state index in [4.69, 9.17) is 13.0 Å². The van der Waals surface area contributed by atoms with Gasteiger partial charge in [0.2, 0.25) is 0 Å². The van der Waals surface area contributed by atoms with Crippen LogP contribution >= 0.6 is 7.92 Å². The van der Waals surface area contributed by atoms with Crippen LogP contribution in [0.1, 0.15) is 0 Å². The number of hydrogen-bond donors (Lipinski definition) is 0. The summed E-state index contributed by atoms with van der Waals surface area (Å²) < 4.78 is 58.9. The third kappa shape index (κ3) is 9.23. The summed E-state index contributed by atoms with van der Waals surface area (Å²) in [5, 5.41) is 8.96. The van der Waals surface area contributed by atoms with Gasteiger partial charge in [0.25, 0.3) is 0 Å². The van der Waals surface area contributed by atoms with Crippen molar-refractivity contribution in [3.8, 4) is 11.4 Å². The zero-order valence-electron chi connectivity index (χ0n) is 25.1. The molecule has 0 aliphatic rings. The van der Waals surface area contributed by atoms with E-state index in [0.29, 0.717) is 0 Å². The zero-order valence-corrected chi connectivity index (χ0v) is 29.0. The predicted molar refractivity (Wildman–Crippen MR) is 185 cm³/mol. The van der Waals surface area contributed by atoms with Gasteiger partial charge in [0, 0.05) is 23.2 Å². The van der Waals surface area contributed by atoms with Gasteiger partial charge in [0.1, 0.15) is 15.9 Å². The molecule has 0 saturated carbocycles. The van der Waals surface area contributed by atoms with E-state index < -0.39 is 23.5 Å². The van der Waals surface area contributed by atoms with Crippen molar-refractivity contribution in [2.24, 2.45) is 0 Å². The van der Waals surface area contributed by atoms with E-state index in [0.717, 1.165) is 22.2 Å². The van der Waals surface area contributed by atoms with Crippen molar-refractivity contribution >= 4 is 55.5 Å². The van der Waals surface area contributed by atoms with Crippen LogP contribution in [0.25, 0.3) is 32.9 Å². The molecule has 0 aliphatic carbocycles. The van der Waals surface area contributed by atoms with Crippen LogP contribution in [0.4, 0.5) is 13.2 Å². The standard InChI is InChI=1S/C18H12N2.C18H15P.CHF3O3S.Au/c1-3-7-15-13(5-1)9-11-19-17(15)18-16-8-4-2-6-14(16)10-12-20-18;1-4-10-16(11-5-1)19(17-12-6-2-7-13-17)18-14-8-3-9-15-18;2-1(3,4)8(5,6)7;/h1-12H;1-15H;(H,5,6,7);/q;;;+1. The minimum absolute atomic E-state index is 0. The number of nitrogens with zero attached hydrogens (tertiary/aromatic N) is 2. The number of fused-ring (bicyclic) bond motifs is 2. The number of hydrogen-bond acceptors (Lipinski definition) is 5. The molecule has 0 amide bonds. The summed E-state index contributed by atoms with van der Waals surface area (Å²) in [5.41, 5.74) is -3.76. The Morgan fingerprint density at radius 2 is 0.792 bits per heavy atom. The number of rotatable bonds is 4. The summed E-state index contributed by atoms with van der Waals surface area (Å²) in [7, 11) is -6.97. The second-order valence-corrected chi connectivity index (χ2v) is 14.0. The van der Waals surface area contributed by atoms with Crippen molar-refractivity contribution in [2.45, 2.75) is 5.51 Å². The van der Waals surface area contributed by atoms with Gasteiger partial charge in [0.05, 0.1) is 19.3 Å². The Labute approximate surface area is 293 Å². The molecule has 0 spiro atoms. The molecule has 0 bridgehead atoms. The first-order valence-electron chi connectivity index (χ1n) is 14.4. The minimum atomic E-state index is -6.09. The smallest absolute Gasteiger partial charge is 0.741 e. The second kappa shape index (κ2) is 16.8. The molecule has 246 valence electrons. The molecule has 7 rings (SSSR count). The Kier molecular flexibility index (Phi) is 12.8. The largest absolute Gasteiger partial charge is 1.00 e. The molecule has 11 heteroatoms. The van der Waals surface area contributed by atoms with Gasteiger partial charge in [-0.3, -0.25) is 9.97 Å². The van der Waals surface area contributed by atoms with Gasteiger partial charge in [-0.05, 0) is 59.3 Å². The maximum absolute atomic E-state index is 10.7. The van der Waals surface area contributed by atoms with Crippen molar-refractivity contribution in [1.29, 1.82) is 0 Å². The van der Waals surface area contributed by atoms with E-state index in [1.807, 2.05) is 48.8 Å². The van der Waals surface area contributed by atoms with Crippen LogP contribution in [0.2, 0.25) is 0 Å². The zero-order chi connectivity index (χ0) is 33.3. The fourth-order valence-corrected chi connectivity index (χ4v) is 7.51. The van der Waals surface area contributed by atoms with E-state index in [-0.39, 0.29) is 22.4 Å². The van der Waals surface area contributed by atoms with Crippen molar-refractivity contribution in [3.63, 3.8) is 0 Å². The molecule has 0 radical (unpaired) electrons. The first-order chi connectivity index (χ1) is 22.6. The number of halogens is 3. The van der Waals surface area contributed by atoms with Crippen LogP contribution in [0.5, 0.6) is 0 Å². The Morgan fingerprint density at radius 3 is 1.10 bits per heavy atom. The molecule has 0 fully saturated rings. The quantitative estimate of drug-likeness (QED) is 0.0786. The van der Waals surface area contributed by atoms with Crippen LogP contribution in [-0.4, -0.2) is 28.4 Å². The molecule has 0 unspecified atom stereocenters. The topological polar surface area (TPSA) is 83.0 Å². The monoisotopic (exact) mass is 865 g/mol. The van der Waals surface area contributed by atoms with Crippen molar-refractivity contribution in [2.75, 3.05) is 0 Å². The summed E-state index contributed by atoms with van der Waals surface area (Å²) >= 11 is 0. The molecular weight excluding hydrogens is 837 g/mol. The van der Waals surface area contributed by atoms with Gasteiger partial charge < -0.3 is 4.55 Å². The predicted octanol–water partition coefficient (Wildman–Crippen LogP) is 7.68. The summed E-state index contributed by atoms with van der Waals surface area (Å²) in [6, 6.07) is 53.1. The van der Waals surface area contributed by atoms with Crippen molar-refractivity contribution in [1.82, 2.24) is 9.97 Å². The third-order valence-electron chi connectivity index (χ3n) is 7.04. The summed E-state index contributed by atoms with van der Waals surface area (Å²) in [6.45, 7) is 0. The van der Waals surface area contributed by atoms with Gasteiger partial charge in [-0.1, -0.05) is 103 Å². The second-order valence-electron chi connectivity index (χ2n) is 10.1. The van der Waals surface area contributed by atoms with Crippen molar-refractivity contribution < 1.29 is 48.5 Å². The number of benzene rings is 5. The molecule has 48 heavy (non-hydrogen) atoms. The number of aromatic nitrogens is 2. The minimum Gasteiger partial charge on any atom is -0.741 e. The first kappa shape index (κ1) is 36.6. The van der Waals surface area contributed by atoms with Gasteiger partial charge in [-0.15, -0.1) is 0 Å². The molecule has 5 nitrogen and oxygen atoms in total. The Balaban J connectivity index is 0.000000175. The van der Waals surface area contributed by atoms with E-state index >= 15 is 0 Å². The summed E-state index contributed by atoms with van der Waals surface area (Å²) in [6.07, 6.45) is 3.70. The van der Waals surface area contributed by atoms with Gasteiger partial charge in [-0.25, -0.2) is 8.42 Å². The Morgan fingerprint density at radius 1 is 0.500 bits per heavy atom. The normalized spacial score (nSPS) is 11.1. The number of alkyl halides is 3. The molecule has 0 saturated heterocycles. The van der Waals surface area contributed by atoms with Crippen LogP contribution < -0.4 is 15.9 Å². The van der Waals surface area contributed by atoms with E-state index in [1.165, 1.54) is 26.7 Å². The first-order valence-corrected chi connectivity index (χ1v) is 17.3. The molecule has 0 atom stereocenters. The Bertz CT molecular complexity index is 1990. The average Bonchev–Trinajstić information content (AvgIpc) is 3.09. The summed E-state index contributed by atoms with van der Waals surface area (Å²) in [5.74, 6) is 0. The van der Waals surface area contributed by atoms with Crippen LogP contribution in [0.15, 0.2) is 164 Å². The molecule has 0 aliphatic heterocycles. The van der Waals surface area contributed by atoms with Crippen molar-refractivity contribution in [3.05, 3.63) is 164 Å². The van der Waals surface area contributed by atoms with E-state index in [1.54, 1.807) is 0 Å². The molecule has 2 heterocycles. The van der Waals surface area contributed by atoms with E-state index in [9.17, 15) is 13.2 Å². The molecule has 7 aromatic rings. The maximum Gasteiger partial charge on any atom is 1.00 e. The molecule has 0 N–H and O–H groups in total. The average molecular weight is 866 g/mol. The van der Waals surface area contributed by atoms with Crippen LogP contribution in [0.3, 0.4) is 0 Å². The SMILES string of the molecule is O=S(=O)([O-])C(F)(F)F.[Au+].c1ccc([PH+](c2ccccc2)c2ccccc2)cc1.c1ccc2c(-c3nccc4ccccc34)nccc2c1. The van der Waals surface area contributed by atoms with Crippen LogP contribution in [-0.2, 0) is 32.5 Å². The summed E-state index contributed by atoms with van der Waals surface area (Å²) in [4.78, 5) is 9.13. The molecule has 2 aromatic heterocycles. The van der Waals surface area contributed by atoms with Gasteiger partial charge in [0.15, 0.2) is 10.1 Å². The third-order valence-corrected chi connectivity index (χ3v) is 10.3. The number of pyridine rings is 2. The maximum atomic E-state index is 10.7. The van der Waals surface area contributed by atoms with Crippen LogP contribution in [0, 0.1) is 0 Å². The fourth-order valence-electron chi connectivity index (χ4n) is 4.93. The van der Waals surface area contributed by atoms with Gasteiger partial charge >= 0.3 is 27.9 Å². The molecular formula is C37H28AuF3N2O3PS+. The Hall–Kier alpha value is -4.21. The van der Waals surface area contributed by atoms with E-state index in [2.05, 4.69) is 125 Å².